The minimum atomic E-state index is -0.799. The second-order valence-electron chi connectivity index (χ2n) is 6.84. The van der Waals surface area contributed by atoms with Crippen LogP contribution in [0.25, 0.3) is 0 Å². The van der Waals surface area contributed by atoms with E-state index in [2.05, 4.69) is 4.90 Å². The highest BCUT2D eigenvalue weighted by Crippen LogP contribution is 2.16. The van der Waals surface area contributed by atoms with Crippen LogP contribution >= 0.6 is 0 Å². The number of halogens is 1. The molecule has 26 heavy (non-hydrogen) atoms. The predicted octanol–water partition coefficient (Wildman–Crippen LogP) is 1.66. The van der Waals surface area contributed by atoms with E-state index in [1.165, 1.54) is 12.1 Å². The van der Waals surface area contributed by atoms with Crippen LogP contribution in [-0.2, 0) is 16.1 Å². The molecule has 1 aromatic carbocycles. The number of hydrogen-bond acceptors (Lipinski definition) is 4. The molecule has 1 N–H and O–H groups in total. The van der Waals surface area contributed by atoms with E-state index in [0.29, 0.717) is 13.1 Å². The highest BCUT2D eigenvalue weighted by Gasteiger charge is 2.26. The largest absolute Gasteiger partial charge is 0.480 e. The number of aliphatic carboxylic acids is 1. The smallest absolute Gasteiger partial charge is 0.317 e. The third-order valence-electron chi connectivity index (χ3n) is 4.94. The molecule has 7 heteroatoms. The van der Waals surface area contributed by atoms with E-state index in [1.807, 2.05) is 11.8 Å². The molecule has 1 saturated heterocycles. The topological polar surface area (TPSA) is 64.1 Å². The fraction of sp³-hybridized carbons (Fsp3) is 0.579. The lowest BCUT2D eigenvalue weighted by atomic mass is 10.0. The Hall–Kier alpha value is -1.99. The second-order valence-corrected chi connectivity index (χ2v) is 6.84. The van der Waals surface area contributed by atoms with Gasteiger partial charge in [0.05, 0.1) is 13.1 Å². The molecule has 6 nitrogen and oxygen atoms in total. The molecule has 2 rings (SSSR count). The standard InChI is InChI=1S/C19H28FN3O3/c1-3-23(14-19(25)26)17-8-10-22(11-9-17)13-18(24)21(2)12-15-4-6-16(20)7-5-15/h4-7,17H,3,8-14H2,1-2H3,(H,25,26). The molecule has 0 aromatic heterocycles. The van der Waals surface area contributed by atoms with Gasteiger partial charge in [0.1, 0.15) is 5.82 Å². The summed E-state index contributed by atoms with van der Waals surface area (Å²) in [5.74, 6) is -1.05. The summed E-state index contributed by atoms with van der Waals surface area (Å²) in [6.07, 6.45) is 1.74. The number of amides is 1. The van der Waals surface area contributed by atoms with Gasteiger partial charge < -0.3 is 10.0 Å². The molecule has 0 bridgehead atoms. The van der Waals surface area contributed by atoms with E-state index in [1.54, 1.807) is 24.1 Å². The van der Waals surface area contributed by atoms with Gasteiger partial charge in [-0.05, 0) is 37.1 Å². The molecule has 0 unspecified atom stereocenters. The Balaban J connectivity index is 1.78. The Morgan fingerprint density at radius 2 is 1.85 bits per heavy atom. The third kappa shape index (κ3) is 6.07. The Labute approximate surface area is 154 Å². The Kier molecular flexibility index (Phi) is 7.53. The van der Waals surface area contributed by atoms with E-state index in [-0.39, 0.29) is 24.3 Å². The van der Waals surface area contributed by atoms with Gasteiger partial charge >= 0.3 is 5.97 Å². The zero-order valence-corrected chi connectivity index (χ0v) is 15.5. The van der Waals surface area contributed by atoms with Crippen LogP contribution in [0.3, 0.4) is 0 Å². The van der Waals surface area contributed by atoms with Gasteiger partial charge in [-0.2, -0.15) is 0 Å². The van der Waals surface area contributed by atoms with Gasteiger partial charge in [0.25, 0.3) is 0 Å². The van der Waals surface area contributed by atoms with Crippen molar-refractivity contribution in [2.75, 3.05) is 39.8 Å². The van der Waals surface area contributed by atoms with Crippen molar-refractivity contribution >= 4 is 11.9 Å². The summed E-state index contributed by atoms with van der Waals surface area (Å²) in [5, 5.41) is 8.99. The zero-order chi connectivity index (χ0) is 19.1. The minimum Gasteiger partial charge on any atom is -0.480 e. The molecule has 0 saturated carbocycles. The summed E-state index contributed by atoms with van der Waals surface area (Å²) in [5.41, 5.74) is 0.896. The van der Waals surface area contributed by atoms with Gasteiger partial charge in [-0.25, -0.2) is 4.39 Å². The van der Waals surface area contributed by atoms with E-state index in [4.69, 9.17) is 5.11 Å². The van der Waals surface area contributed by atoms with Crippen molar-refractivity contribution in [2.24, 2.45) is 0 Å². The number of likely N-dealkylation sites (N-methyl/N-ethyl adjacent to an activating group) is 2. The Morgan fingerprint density at radius 1 is 1.23 bits per heavy atom. The van der Waals surface area contributed by atoms with Crippen LogP contribution in [0, 0.1) is 5.82 Å². The maximum atomic E-state index is 13.0. The molecule has 0 spiro atoms. The number of carboxylic acid groups (broad SMARTS) is 1. The molecule has 1 fully saturated rings. The van der Waals surface area contributed by atoms with Crippen molar-refractivity contribution in [3.8, 4) is 0 Å². The normalized spacial score (nSPS) is 16.0. The number of benzene rings is 1. The van der Waals surface area contributed by atoms with Crippen LogP contribution in [0.15, 0.2) is 24.3 Å². The highest BCUT2D eigenvalue weighted by atomic mass is 19.1. The number of carbonyl (C=O) groups excluding carboxylic acids is 1. The molecule has 0 aliphatic carbocycles. The first-order valence-electron chi connectivity index (χ1n) is 9.05. The van der Waals surface area contributed by atoms with Crippen LogP contribution in [0.2, 0.25) is 0 Å². The lowest BCUT2D eigenvalue weighted by Gasteiger charge is -2.37. The van der Waals surface area contributed by atoms with Crippen molar-refractivity contribution in [1.29, 1.82) is 0 Å². The quantitative estimate of drug-likeness (QED) is 0.759. The molecular weight excluding hydrogens is 337 g/mol. The number of likely N-dealkylation sites (tertiary alicyclic amines) is 1. The Bertz CT molecular complexity index is 601. The summed E-state index contributed by atoms with van der Waals surface area (Å²) < 4.78 is 13.0. The maximum Gasteiger partial charge on any atom is 0.317 e. The van der Waals surface area contributed by atoms with Gasteiger partial charge in [0.15, 0.2) is 0 Å². The molecule has 1 heterocycles. The number of hydrogen-bond donors (Lipinski definition) is 1. The summed E-state index contributed by atoms with van der Waals surface area (Å²) in [7, 11) is 1.75. The van der Waals surface area contributed by atoms with E-state index >= 15 is 0 Å². The van der Waals surface area contributed by atoms with Crippen LogP contribution in [0.5, 0.6) is 0 Å². The van der Waals surface area contributed by atoms with Crippen LogP contribution in [-0.4, -0.2) is 77.5 Å². The molecule has 0 atom stereocenters. The fourth-order valence-corrected chi connectivity index (χ4v) is 3.38. The molecule has 144 valence electrons. The van der Waals surface area contributed by atoms with Gasteiger partial charge in [0, 0.05) is 32.7 Å². The zero-order valence-electron chi connectivity index (χ0n) is 15.5. The van der Waals surface area contributed by atoms with Crippen LogP contribution in [0.1, 0.15) is 25.3 Å². The summed E-state index contributed by atoms with van der Waals surface area (Å²) in [6, 6.07) is 6.43. The molecular formula is C19H28FN3O3. The van der Waals surface area contributed by atoms with E-state index in [9.17, 15) is 14.0 Å². The van der Waals surface area contributed by atoms with Crippen molar-refractivity contribution in [1.82, 2.24) is 14.7 Å². The number of piperidine rings is 1. The minimum absolute atomic E-state index is 0.0330. The number of carboxylic acids is 1. The summed E-state index contributed by atoms with van der Waals surface area (Å²) in [4.78, 5) is 29.1. The van der Waals surface area contributed by atoms with Crippen LogP contribution in [0.4, 0.5) is 4.39 Å². The van der Waals surface area contributed by atoms with Gasteiger partial charge in [-0.1, -0.05) is 19.1 Å². The van der Waals surface area contributed by atoms with Crippen LogP contribution < -0.4 is 0 Å². The lowest BCUT2D eigenvalue weighted by Crippen LogP contribution is -2.48. The Morgan fingerprint density at radius 3 is 2.38 bits per heavy atom. The average molecular weight is 365 g/mol. The first-order chi connectivity index (χ1) is 12.4. The highest BCUT2D eigenvalue weighted by molar-refractivity contribution is 5.78. The monoisotopic (exact) mass is 365 g/mol. The lowest BCUT2D eigenvalue weighted by molar-refractivity contribution is -0.139. The van der Waals surface area contributed by atoms with E-state index < -0.39 is 5.97 Å². The third-order valence-corrected chi connectivity index (χ3v) is 4.94. The second kappa shape index (κ2) is 9.64. The first-order valence-corrected chi connectivity index (χ1v) is 9.05. The van der Waals surface area contributed by atoms with Crippen molar-refractivity contribution in [3.63, 3.8) is 0 Å². The predicted molar refractivity (Wildman–Crippen MR) is 97.2 cm³/mol. The SMILES string of the molecule is CCN(CC(=O)O)C1CCN(CC(=O)N(C)Cc2ccc(F)cc2)CC1. The molecule has 1 aliphatic heterocycles. The van der Waals surface area contributed by atoms with Gasteiger partial charge in [-0.3, -0.25) is 19.4 Å². The fourth-order valence-electron chi connectivity index (χ4n) is 3.38. The van der Waals surface area contributed by atoms with Crippen molar-refractivity contribution in [3.05, 3.63) is 35.6 Å². The summed E-state index contributed by atoms with van der Waals surface area (Å²) >= 11 is 0. The van der Waals surface area contributed by atoms with Gasteiger partial charge in [0.2, 0.25) is 5.91 Å². The molecule has 1 amide bonds. The van der Waals surface area contributed by atoms with Crippen molar-refractivity contribution < 1.29 is 19.1 Å². The molecule has 1 aliphatic rings. The number of carbonyl (C=O) groups is 2. The molecule has 0 radical (unpaired) electrons. The first kappa shape index (κ1) is 20.3. The average Bonchev–Trinajstić information content (AvgIpc) is 2.62. The molecule has 1 aromatic rings. The summed E-state index contributed by atoms with van der Waals surface area (Å²) in [6.45, 7) is 5.15. The number of nitrogens with zero attached hydrogens (tertiary/aromatic N) is 3. The number of rotatable bonds is 8. The van der Waals surface area contributed by atoms with Gasteiger partial charge in [-0.15, -0.1) is 0 Å². The van der Waals surface area contributed by atoms with E-state index in [0.717, 1.165) is 38.0 Å². The van der Waals surface area contributed by atoms with Crippen molar-refractivity contribution in [2.45, 2.75) is 32.4 Å². The maximum absolute atomic E-state index is 13.0.